The third-order valence-electron chi connectivity index (χ3n) is 2.01. The van der Waals surface area contributed by atoms with Crippen molar-refractivity contribution in [1.29, 1.82) is 0 Å². The zero-order valence-electron chi connectivity index (χ0n) is 9.22. The molecule has 0 aromatic heterocycles. The molecule has 0 aliphatic carbocycles. The van der Waals surface area contributed by atoms with Crippen LogP contribution in [0.3, 0.4) is 0 Å². The summed E-state index contributed by atoms with van der Waals surface area (Å²) in [6.07, 6.45) is 2.74. The maximum absolute atomic E-state index is 11.2. The summed E-state index contributed by atoms with van der Waals surface area (Å²) in [6.45, 7) is 6.44. The predicted molar refractivity (Wildman–Crippen MR) is 55.8 cm³/mol. The van der Waals surface area contributed by atoms with Crippen molar-refractivity contribution < 1.29 is 9.59 Å². The fourth-order valence-corrected chi connectivity index (χ4v) is 0.850. The highest BCUT2D eigenvalue weighted by molar-refractivity contribution is 6.35. The van der Waals surface area contributed by atoms with Gasteiger partial charge < -0.3 is 10.6 Å². The van der Waals surface area contributed by atoms with Crippen LogP contribution in [0.1, 0.15) is 40.0 Å². The van der Waals surface area contributed by atoms with Gasteiger partial charge in [-0.05, 0) is 19.8 Å². The molecule has 0 spiro atoms. The van der Waals surface area contributed by atoms with Gasteiger partial charge >= 0.3 is 11.8 Å². The second-order valence-electron chi connectivity index (χ2n) is 3.39. The minimum atomic E-state index is -0.532. The summed E-state index contributed by atoms with van der Waals surface area (Å²) in [5.41, 5.74) is 0. The minimum Gasteiger partial charge on any atom is -0.348 e. The first-order valence-electron chi connectivity index (χ1n) is 5.20. The van der Waals surface area contributed by atoms with Crippen molar-refractivity contribution in [2.45, 2.75) is 46.1 Å². The van der Waals surface area contributed by atoms with E-state index in [0.29, 0.717) is 6.54 Å². The highest BCUT2D eigenvalue weighted by Crippen LogP contribution is 1.87. The van der Waals surface area contributed by atoms with Crippen molar-refractivity contribution in [2.75, 3.05) is 6.54 Å². The Morgan fingerprint density at radius 1 is 1.21 bits per heavy atom. The normalized spacial score (nSPS) is 11.9. The highest BCUT2D eigenvalue weighted by atomic mass is 16.2. The molecule has 0 heterocycles. The van der Waals surface area contributed by atoms with Gasteiger partial charge in [0.05, 0.1) is 0 Å². The molecule has 0 aromatic carbocycles. The maximum atomic E-state index is 11.2. The Balaban J connectivity index is 3.71. The number of rotatable bonds is 5. The van der Waals surface area contributed by atoms with Crippen molar-refractivity contribution in [1.82, 2.24) is 10.6 Å². The summed E-state index contributed by atoms with van der Waals surface area (Å²) in [6, 6.07) is 0.0550. The molecule has 14 heavy (non-hydrogen) atoms. The van der Waals surface area contributed by atoms with Crippen LogP contribution in [0.25, 0.3) is 0 Å². The summed E-state index contributed by atoms with van der Waals surface area (Å²) in [5.74, 6) is -1.06. The first-order chi connectivity index (χ1) is 6.61. The molecular formula is C10H20N2O2. The predicted octanol–water partition coefficient (Wildman–Crippen LogP) is 0.817. The smallest absolute Gasteiger partial charge is 0.309 e. The molecule has 82 valence electrons. The number of hydrogen-bond acceptors (Lipinski definition) is 2. The highest BCUT2D eigenvalue weighted by Gasteiger charge is 2.13. The number of hydrogen-bond donors (Lipinski definition) is 2. The Morgan fingerprint density at radius 2 is 1.86 bits per heavy atom. The quantitative estimate of drug-likeness (QED) is 0.510. The molecule has 0 rings (SSSR count). The van der Waals surface area contributed by atoms with Crippen LogP contribution < -0.4 is 10.6 Å². The van der Waals surface area contributed by atoms with Gasteiger partial charge in [0.1, 0.15) is 0 Å². The topological polar surface area (TPSA) is 58.2 Å². The fraction of sp³-hybridized carbons (Fsp3) is 0.800. The molecule has 0 fully saturated rings. The SMILES string of the molecule is CCCCNC(=O)C(=O)NC(C)CC. The lowest BCUT2D eigenvalue weighted by Gasteiger charge is -2.10. The van der Waals surface area contributed by atoms with Crippen LogP contribution >= 0.6 is 0 Å². The van der Waals surface area contributed by atoms with Crippen molar-refractivity contribution in [2.24, 2.45) is 0 Å². The van der Waals surface area contributed by atoms with Crippen LogP contribution in [0.4, 0.5) is 0 Å². The second kappa shape index (κ2) is 7.35. The molecule has 0 saturated carbocycles. The molecule has 0 bridgehead atoms. The van der Waals surface area contributed by atoms with E-state index < -0.39 is 11.8 Å². The molecule has 1 unspecified atom stereocenters. The van der Waals surface area contributed by atoms with Crippen LogP contribution in [0, 0.1) is 0 Å². The van der Waals surface area contributed by atoms with Crippen LogP contribution in [-0.2, 0) is 9.59 Å². The van der Waals surface area contributed by atoms with E-state index in [4.69, 9.17) is 0 Å². The van der Waals surface area contributed by atoms with Crippen LogP contribution in [0.5, 0.6) is 0 Å². The van der Waals surface area contributed by atoms with Gasteiger partial charge in [-0.2, -0.15) is 0 Å². The van der Waals surface area contributed by atoms with Crippen LogP contribution in [0.15, 0.2) is 0 Å². The molecule has 4 heteroatoms. The first-order valence-corrected chi connectivity index (χ1v) is 5.20. The van der Waals surface area contributed by atoms with Gasteiger partial charge in [-0.3, -0.25) is 9.59 Å². The summed E-state index contributed by atoms with van der Waals surface area (Å²) >= 11 is 0. The number of nitrogens with one attached hydrogen (secondary N) is 2. The zero-order chi connectivity index (χ0) is 11.0. The van der Waals surface area contributed by atoms with E-state index in [0.717, 1.165) is 19.3 Å². The monoisotopic (exact) mass is 200 g/mol. The number of amides is 2. The van der Waals surface area contributed by atoms with Gasteiger partial charge in [-0.25, -0.2) is 0 Å². The Bertz CT molecular complexity index is 193. The van der Waals surface area contributed by atoms with Gasteiger partial charge in [0.15, 0.2) is 0 Å². The average Bonchev–Trinajstić information content (AvgIpc) is 2.17. The molecule has 1 atom stereocenters. The van der Waals surface area contributed by atoms with Gasteiger partial charge in [0.25, 0.3) is 0 Å². The van der Waals surface area contributed by atoms with Crippen molar-refractivity contribution in [3.05, 3.63) is 0 Å². The minimum absolute atomic E-state index is 0.0550. The summed E-state index contributed by atoms with van der Waals surface area (Å²) < 4.78 is 0. The van der Waals surface area contributed by atoms with E-state index in [1.54, 1.807) is 0 Å². The fourth-order valence-electron chi connectivity index (χ4n) is 0.850. The first kappa shape index (κ1) is 12.9. The molecule has 4 nitrogen and oxygen atoms in total. The summed E-state index contributed by atoms with van der Waals surface area (Å²) in [4.78, 5) is 22.3. The average molecular weight is 200 g/mol. The van der Waals surface area contributed by atoms with Gasteiger partial charge in [0.2, 0.25) is 0 Å². The lowest BCUT2D eigenvalue weighted by molar-refractivity contribution is -0.139. The Morgan fingerprint density at radius 3 is 2.36 bits per heavy atom. The largest absolute Gasteiger partial charge is 0.348 e. The number of unbranched alkanes of at least 4 members (excludes halogenated alkanes) is 1. The third kappa shape index (κ3) is 5.56. The summed E-state index contributed by atoms with van der Waals surface area (Å²) in [7, 11) is 0. The maximum Gasteiger partial charge on any atom is 0.309 e. The number of carbonyl (C=O) groups is 2. The molecule has 0 saturated heterocycles. The molecule has 2 N–H and O–H groups in total. The molecular weight excluding hydrogens is 180 g/mol. The molecule has 0 aromatic rings. The van der Waals surface area contributed by atoms with E-state index in [2.05, 4.69) is 10.6 Å². The van der Waals surface area contributed by atoms with Gasteiger partial charge in [0, 0.05) is 12.6 Å². The summed E-state index contributed by atoms with van der Waals surface area (Å²) in [5, 5.41) is 5.17. The number of carbonyl (C=O) groups excluding carboxylic acids is 2. The van der Waals surface area contributed by atoms with Gasteiger partial charge in [-0.15, -0.1) is 0 Å². The van der Waals surface area contributed by atoms with Crippen LogP contribution in [-0.4, -0.2) is 24.4 Å². The van der Waals surface area contributed by atoms with Crippen molar-refractivity contribution in [3.8, 4) is 0 Å². The third-order valence-corrected chi connectivity index (χ3v) is 2.01. The Labute approximate surface area is 85.4 Å². The molecule has 0 aliphatic rings. The van der Waals surface area contributed by atoms with E-state index in [1.165, 1.54) is 0 Å². The van der Waals surface area contributed by atoms with Gasteiger partial charge in [-0.1, -0.05) is 20.3 Å². The zero-order valence-corrected chi connectivity index (χ0v) is 9.22. The molecule has 2 amide bonds. The lowest BCUT2D eigenvalue weighted by atomic mass is 10.2. The van der Waals surface area contributed by atoms with E-state index in [9.17, 15) is 9.59 Å². The van der Waals surface area contributed by atoms with Crippen molar-refractivity contribution in [3.63, 3.8) is 0 Å². The van der Waals surface area contributed by atoms with E-state index >= 15 is 0 Å². The molecule has 0 radical (unpaired) electrons. The molecule has 0 aliphatic heterocycles. The Hall–Kier alpha value is -1.06. The second-order valence-corrected chi connectivity index (χ2v) is 3.39. The van der Waals surface area contributed by atoms with Crippen LogP contribution in [0.2, 0.25) is 0 Å². The van der Waals surface area contributed by atoms with Crippen molar-refractivity contribution >= 4 is 11.8 Å². The Kier molecular flexibility index (Phi) is 6.80. The van der Waals surface area contributed by atoms with E-state index in [1.807, 2.05) is 20.8 Å². The standard InChI is InChI=1S/C10H20N2O2/c1-4-6-7-11-9(13)10(14)12-8(3)5-2/h8H,4-7H2,1-3H3,(H,11,13)(H,12,14). The van der Waals surface area contributed by atoms with E-state index in [-0.39, 0.29) is 6.04 Å². The lowest BCUT2D eigenvalue weighted by Crippen LogP contribution is -2.43.